The fourth-order valence-electron chi connectivity index (χ4n) is 2.19. The van der Waals surface area contributed by atoms with Crippen LogP contribution >= 0.6 is 11.8 Å². The normalized spacial score (nSPS) is 12.0. The molecule has 2 aromatic rings. The molecule has 0 bridgehead atoms. The van der Waals surface area contributed by atoms with Gasteiger partial charge in [-0.2, -0.15) is 0 Å². The van der Waals surface area contributed by atoms with E-state index < -0.39 is 0 Å². The zero-order valence-corrected chi connectivity index (χ0v) is 14.8. The Morgan fingerprint density at radius 1 is 1.12 bits per heavy atom. The summed E-state index contributed by atoms with van der Waals surface area (Å²) in [7, 11) is 3.22. The van der Waals surface area contributed by atoms with E-state index in [-0.39, 0.29) is 11.9 Å². The lowest BCUT2D eigenvalue weighted by Crippen LogP contribution is -2.25. The molecule has 0 aliphatic rings. The predicted molar refractivity (Wildman–Crippen MR) is 97.5 cm³/mol. The molecule has 2 rings (SSSR count). The predicted octanol–water partition coefficient (Wildman–Crippen LogP) is 4.19. The van der Waals surface area contributed by atoms with Gasteiger partial charge in [-0.25, -0.2) is 0 Å². The Morgan fingerprint density at radius 3 is 2.54 bits per heavy atom. The van der Waals surface area contributed by atoms with Gasteiger partial charge in [-0.05, 0) is 42.7 Å². The Labute approximate surface area is 146 Å². The van der Waals surface area contributed by atoms with Gasteiger partial charge in [-0.15, -0.1) is 0 Å². The van der Waals surface area contributed by atoms with E-state index in [9.17, 15) is 4.79 Å². The summed E-state index contributed by atoms with van der Waals surface area (Å²) in [5, 5.41) is 4.71. The highest BCUT2D eigenvalue weighted by Crippen LogP contribution is 2.29. The number of ether oxygens (including phenoxy) is 2. The van der Waals surface area contributed by atoms with Gasteiger partial charge in [0, 0.05) is 16.5 Å². The van der Waals surface area contributed by atoms with Crippen LogP contribution in [0.4, 0.5) is 0 Å². The van der Waals surface area contributed by atoms with Crippen LogP contribution in [0.5, 0.6) is 11.5 Å². The third-order valence-corrected chi connectivity index (χ3v) is 4.25. The zero-order valence-electron chi connectivity index (χ0n) is 14.0. The second kappa shape index (κ2) is 9.03. The number of benzene rings is 2. The van der Waals surface area contributed by atoms with E-state index in [1.165, 1.54) is 17.8 Å². The van der Waals surface area contributed by atoms with Crippen LogP contribution in [0.3, 0.4) is 0 Å². The number of amides is 1. The molecule has 1 amide bonds. The standard InChI is InChI=1S/C19H21NO3S/c1-14(17-13-15(22-2)9-10-18(17)23-3)20-19(21)11-12-24-16-7-5-4-6-8-16/h4-14H,1-3H3,(H,20,21)/b12-11+/t14-/m0/s1. The number of carbonyl (C=O) groups is 1. The quantitative estimate of drug-likeness (QED) is 0.605. The van der Waals surface area contributed by atoms with Gasteiger partial charge in [0.1, 0.15) is 11.5 Å². The molecule has 0 heterocycles. The summed E-state index contributed by atoms with van der Waals surface area (Å²) in [4.78, 5) is 13.2. The maximum atomic E-state index is 12.1. The summed E-state index contributed by atoms with van der Waals surface area (Å²) < 4.78 is 10.6. The monoisotopic (exact) mass is 343 g/mol. The SMILES string of the molecule is COc1ccc(OC)c([C@H](C)NC(=O)/C=C/Sc2ccccc2)c1. The Bertz CT molecular complexity index is 701. The van der Waals surface area contributed by atoms with Crippen LogP contribution in [-0.4, -0.2) is 20.1 Å². The van der Waals surface area contributed by atoms with Crippen molar-refractivity contribution >= 4 is 17.7 Å². The van der Waals surface area contributed by atoms with Crippen LogP contribution in [0, 0.1) is 0 Å². The van der Waals surface area contributed by atoms with Crippen LogP contribution in [0.15, 0.2) is 64.9 Å². The number of hydrogen-bond acceptors (Lipinski definition) is 4. The van der Waals surface area contributed by atoms with Crippen LogP contribution < -0.4 is 14.8 Å². The lowest BCUT2D eigenvalue weighted by atomic mass is 10.1. The highest BCUT2D eigenvalue weighted by molar-refractivity contribution is 8.02. The van der Waals surface area contributed by atoms with Crippen LogP contribution in [-0.2, 0) is 4.79 Å². The minimum absolute atomic E-state index is 0.157. The molecule has 0 saturated heterocycles. The molecule has 0 aromatic heterocycles. The van der Waals surface area contributed by atoms with Crippen molar-refractivity contribution in [3.05, 3.63) is 65.6 Å². The molecule has 1 atom stereocenters. The van der Waals surface area contributed by atoms with Crippen molar-refractivity contribution in [3.63, 3.8) is 0 Å². The molecule has 24 heavy (non-hydrogen) atoms. The van der Waals surface area contributed by atoms with Gasteiger partial charge in [0.05, 0.1) is 20.3 Å². The number of methoxy groups -OCH3 is 2. The number of nitrogens with one attached hydrogen (secondary N) is 1. The molecule has 1 N–H and O–H groups in total. The molecule has 0 unspecified atom stereocenters. The number of carbonyl (C=O) groups excluding carboxylic acids is 1. The van der Waals surface area contributed by atoms with Crippen molar-refractivity contribution < 1.29 is 14.3 Å². The molecular weight excluding hydrogens is 322 g/mol. The van der Waals surface area contributed by atoms with Crippen molar-refractivity contribution in [2.45, 2.75) is 17.9 Å². The van der Waals surface area contributed by atoms with Crippen molar-refractivity contribution in [1.82, 2.24) is 5.32 Å². The molecule has 2 aromatic carbocycles. The molecule has 0 saturated carbocycles. The molecule has 126 valence electrons. The summed E-state index contributed by atoms with van der Waals surface area (Å²) in [5.74, 6) is 1.28. The van der Waals surface area contributed by atoms with E-state index in [4.69, 9.17) is 9.47 Å². The Kier molecular flexibility index (Phi) is 6.75. The number of thioether (sulfide) groups is 1. The van der Waals surface area contributed by atoms with Gasteiger partial charge < -0.3 is 14.8 Å². The van der Waals surface area contributed by atoms with Crippen molar-refractivity contribution in [1.29, 1.82) is 0 Å². The van der Waals surface area contributed by atoms with Gasteiger partial charge in [-0.3, -0.25) is 4.79 Å². The van der Waals surface area contributed by atoms with Crippen LogP contribution in [0.1, 0.15) is 18.5 Å². The first-order valence-corrected chi connectivity index (χ1v) is 8.42. The highest BCUT2D eigenvalue weighted by Gasteiger charge is 2.14. The van der Waals surface area contributed by atoms with Gasteiger partial charge in [-0.1, -0.05) is 30.0 Å². The minimum atomic E-state index is -0.200. The van der Waals surface area contributed by atoms with Crippen molar-refractivity contribution in [2.75, 3.05) is 14.2 Å². The van der Waals surface area contributed by atoms with Gasteiger partial charge in [0.25, 0.3) is 0 Å². The Hall–Kier alpha value is -2.40. The van der Waals surface area contributed by atoms with E-state index in [1.807, 2.05) is 55.5 Å². The van der Waals surface area contributed by atoms with E-state index in [2.05, 4.69) is 5.32 Å². The molecule has 0 aliphatic carbocycles. The molecular formula is C19H21NO3S. The van der Waals surface area contributed by atoms with E-state index in [1.54, 1.807) is 19.6 Å². The van der Waals surface area contributed by atoms with E-state index >= 15 is 0 Å². The molecule has 4 nitrogen and oxygen atoms in total. The first-order chi connectivity index (χ1) is 11.6. The topological polar surface area (TPSA) is 47.6 Å². The van der Waals surface area contributed by atoms with Crippen LogP contribution in [0.25, 0.3) is 0 Å². The summed E-state index contributed by atoms with van der Waals surface area (Å²) in [6, 6.07) is 15.2. The molecule has 0 fully saturated rings. The average Bonchev–Trinajstić information content (AvgIpc) is 2.62. The van der Waals surface area contributed by atoms with E-state index in [0.29, 0.717) is 5.75 Å². The molecule has 5 heteroatoms. The Morgan fingerprint density at radius 2 is 1.88 bits per heavy atom. The smallest absolute Gasteiger partial charge is 0.244 e. The number of hydrogen-bond donors (Lipinski definition) is 1. The Balaban J connectivity index is 1.98. The van der Waals surface area contributed by atoms with Crippen molar-refractivity contribution in [3.8, 4) is 11.5 Å². The molecule has 0 aliphatic heterocycles. The second-order valence-corrected chi connectivity index (χ2v) is 6.05. The van der Waals surface area contributed by atoms with E-state index in [0.717, 1.165) is 16.2 Å². The maximum Gasteiger partial charge on any atom is 0.244 e. The van der Waals surface area contributed by atoms with Gasteiger partial charge >= 0.3 is 0 Å². The summed E-state index contributed by atoms with van der Waals surface area (Å²) >= 11 is 1.50. The lowest BCUT2D eigenvalue weighted by Gasteiger charge is -2.17. The summed E-state index contributed by atoms with van der Waals surface area (Å²) in [6.45, 7) is 1.91. The first-order valence-electron chi connectivity index (χ1n) is 7.54. The maximum absolute atomic E-state index is 12.1. The van der Waals surface area contributed by atoms with Crippen LogP contribution in [0.2, 0.25) is 0 Å². The molecule has 0 radical (unpaired) electrons. The minimum Gasteiger partial charge on any atom is -0.497 e. The van der Waals surface area contributed by atoms with Crippen molar-refractivity contribution in [2.24, 2.45) is 0 Å². The zero-order chi connectivity index (χ0) is 17.4. The summed E-state index contributed by atoms with van der Waals surface area (Å²) in [5.41, 5.74) is 0.870. The third kappa shape index (κ3) is 5.06. The highest BCUT2D eigenvalue weighted by atomic mass is 32.2. The summed E-state index contributed by atoms with van der Waals surface area (Å²) in [6.07, 6.45) is 1.53. The number of rotatable bonds is 7. The average molecular weight is 343 g/mol. The van der Waals surface area contributed by atoms with Gasteiger partial charge in [0.2, 0.25) is 5.91 Å². The first kappa shape index (κ1) is 17.9. The fraction of sp³-hybridized carbons (Fsp3) is 0.211. The second-order valence-electron chi connectivity index (χ2n) is 5.07. The molecule has 0 spiro atoms. The fourth-order valence-corrected chi connectivity index (χ4v) is 2.85. The third-order valence-electron chi connectivity index (χ3n) is 3.43. The lowest BCUT2D eigenvalue weighted by molar-refractivity contribution is -0.117. The van der Waals surface area contributed by atoms with Gasteiger partial charge in [0.15, 0.2) is 0 Å². The largest absolute Gasteiger partial charge is 0.497 e.